The van der Waals surface area contributed by atoms with Crippen LogP contribution < -0.4 is 0 Å². The van der Waals surface area contributed by atoms with E-state index in [0.717, 1.165) is 9.37 Å². The minimum atomic E-state index is -0.761. The Morgan fingerprint density at radius 2 is 2.00 bits per heavy atom. The summed E-state index contributed by atoms with van der Waals surface area (Å²) in [7, 11) is 0. The first kappa shape index (κ1) is 12.4. The fourth-order valence-corrected chi connectivity index (χ4v) is 2.77. The third kappa shape index (κ3) is 2.99. The molecular weight excluding hydrogens is 292 g/mol. The van der Waals surface area contributed by atoms with Crippen LogP contribution in [0.25, 0.3) is 0 Å². The molecule has 0 saturated carbocycles. The molecule has 3 atom stereocenters. The summed E-state index contributed by atoms with van der Waals surface area (Å²) < 4.78 is 6.34. The molecule has 88 valence electrons. The van der Waals surface area contributed by atoms with Gasteiger partial charge in [0.25, 0.3) is 0 Å². The van der Waals surface area contributed by atoms with Crippen molar-refractivity contribution in [3.05, 3.63) is 28.7 Å². The zero-order valence-corrected chi connectivity index (χ0v) is 10.9. The van der Waals surface area contributed by atoms with E-state index in [9.17, 15) is 10.2 Å². The first-order valence-electron chi connectivity index (χ1n) is 5.03. The molecule has 0 aliphatic carbocycles. The molecule has 1 aromatic rings. The highest BCUT2D eigenvalue weighted by Gasteiger charge is 2.34. The standard InChI is InChI=1S/C11H13BrO3S/c12-7-1-3-8(4-2-7)16-6-10-11(14)9(13)5-15-10/h1-4,9-11,13-14H,5-6H2. The highest BCUT2D eigenvalue weighted by molar-refractivity contribution is 9.10. The summed E-state index contributed by atoms with van der Waals surface area (Å²) in [5, 5.41) is 18.9. The van der Waals surface area contributed by atoms with Crippen molar-refractivity contribution in [3.8, 4) is 0 Å². The van der Waals surface area contributed by atoms with E-state index in [-0.39, 0.29) is 12.7 Å². The highest BCUT2D eigenvalue weighted by atomic mass is 79.9. The van der Waals surface area contributed by atoms with Gasteiger partial charge in [-0.15, -0.1) is 11.8 Å². The van der Waals surface area contributed by atoms with Crippen LogP contribution in [-0.4, -0.2) is 40.9 Å². The maximum absolute atomic E-state index is 9.58. The van der Waals surface area contributed by atoms with Crippen LogP contribution in [-0.2, 0) is 4.74 Å². The fraction of sp³-hybridized carbons (Fsp3) is 0.455. The van der Waals surface area contributed by atoms with Crippen LogP contribution in [0.1, 0.15) is 0 Å². The van der Waals surface area contributed by atoms with Gasteiger partial charge in [0.15, 0.2) is 0 Å². The Labute approximate surface area is 107 Å². The van der Waals surface area contributed by atoms with Gasteiger partial charge in [0.2, 0.25) is 0 Å². The molecule has 0 spiro atoms. The van der Waals surface area contributed by atoms with Crippen LogP contribution >= 0.6 is 27.7 Å². The quantitative estimate of drug-likeness (QED) is 0.834. The molecule has 5 heteroatoms. The van der Waals surface area contributed by atoms with E-state index < -0.39 is 12.2 Å². The molecule has 0 aromatic heterocycles. The molecular formula is C11H13BrO3S. The predicted molar refractivity (Wildman–Crippen MR) is 66.6 cm³/mol. The van der Waals surface area contributed by atoms with Crippen molar-refractivity contribution in [2.45, 2.75) is 23.2 Å². The summed E-state index contributed by atoms with van der Waals surface area (Å²) in [5.41, 5.74) is 0. The van der Waals surface area contributed by atoms with Gasteiger partial charge in [0, 0.05) is 15.1 Å². The molecule has 1 fully saturated rings. The van der Waals surface area contributed by atoms with E-state index in [0.29, 0.717) is 5.75 Å². The number of ether oxygens (including phenoxy) is 1. The molecule has 1 saturated heterocycles. The molecule has 0 amide bonds. The average molecular weight is 305 g/mol. The van der Waals surface area contributed by atoms with E-state index in [4.69, 9.17) is 4.74 Å². The summed E-state index contributed by atoms with van der Waals surface area (Å²) in [6, 6.07) is 7.96. The van der Waals surface area contributed by atoms with Crippen LogP contribution in [0.3, 0.4) is 0 Å². The van der Waals surface area contributed by atoms with Crippen LogP contribution in [0.15, 0.2) is 33.6 Å². The molecule has 1 heterocycles. The van der Waals surface area contributed by atoms with Crippen molar-refractivity contribution < 1.29 is 14.9 Å². The molecule has 0 bridgehead atoms. The van der Waals surface area contributed by atoms with Crippen molar-refractivity contribution in [1.29, 1.82) is 0 Å². The molecule has 2 N–H and O–H groups in total. The number of rotatable bonds is 3. The number of thioether (sulfide) groups is 1. The van der Waals surface area contributed by atoms with Crippen LogP contribution in [0.4, 0.5) is 0 Å². The van der Waals surface area contributed by atoms with Gasteiger partial charge in [0.05, 0.1) is 12.7 Å². The Morgan fingerprint density at radius 1 is 1.31 bits per heavy atom. The maximum Gasteiger partial charge on any atom is 0.109 e. The normalized spacial score (nSPS) is 29.6. The van der Waals surface area contributed by atoms with Crippen molar-refractivity contribution in [3.63, 3.8) is 0 Å². The van der Waals surface area contributed by atoms with Crippen molar-refractivity contribution in [2.24, 2.45) is 0 Å². The number of hydrogen-bond acceptors (Lipinski definition) is 4. The smallest absolute Gasteiger partial charge is 0.109 e. The van der Waals surface area contributed by atoms with E-state index in [1.807, 2.05) is 24.3 Å². The minimum Gasteiger partial charge on any atom is -0.388 e. The van der Waals surface area contributed by atoms with Crippen LogP contribution in [0.5, 0.6) is 0 Å². The highest BCUT2D eigenvalue weighted by Crippen LogP contribution is 2.25. The summed E-state index contributed by atoms with van der Waals surface area (Å²) in [4.78, 5) is 1.13. The summed E-state index contributed by atoms with van der Waals surface area (Å²) in [5.74, 6) is 0.653. The first-order valence-corrected chi connectivity index (χ1v) is 6.81. The van der Waals surface area contributed by atoms with Gasteiger partial charge >= 0.3 is 0 Å². The summed E-state index contributed by atoms with van der Waals surface area (Å²) >= 11 is 4.99. The van der Waals surface area contributed by atoms with E-state index in [2.05, 4.69) is 15.9 Å². The Hall–Kier alpha value is -0.0700. The molecule has 1 aliphatic rings. The van der Waals surface area contributed by atoms with Crippen molar-refractivity contribution in [1.82, 2.24) is 0 Å². The van der Waals surface area contributed by atoms with Gasteiger partial charge < -0.3 is 14.9 Å². The Kier molecular flexibility index (Phi) is 4.27. The van der Waals surface area contributed by atoms with Crippen molar-refractivity contribution >= 4 is 27.7 Å². The van der Waals surface area contributed by atoms with Gasteiger partial charge in [-0.25, -0.2) is 0 Å². The number of halogens is 1. The third-order valence-electron chi connectivity index (χ3n) is 2.48. The molecule has 1 aromatic carbocycles. The fourth-order valence-electron chi connectivity index (χ4n) is 1.52. The van der Waals surface area contributed by atoms with Crippen LogP contribution in [0, 0.1) is 0 Å². The number of aliphatic hydroxyl groups is 2. The lowest BCUT2D eigenvalue weighted by Gasteiger charge is -2.14. The third-order valence-corrected chi connectivity index (χ3v) is 4.11. The molecule has 2 rings (SSSR count). The largest absolute Gasteiger partial charge is 0.388 e. The number of benzene rings is 1. The van der Waals surface area contributed by atoms with Gasteiger partial charge in [0.1, 0.15) is 12.2 Å². The average Bonchev–Trinajstić information content (AvgIpc) is 2.60. The minimum absolute atomic E-state index is 0.229. The number of aliphatic hydroxyl groups excluding tert-OH is 2. The molecule has 3 unspecified atom stereocenters. The maximum atomic E-state index is 9.58. The monoisotopic (exact) mass is 304 g/mol. The molecule has 1 aliphatic heterocycles. The molecule has 16 heavy (non-hydrogen) atoms. The number of hydrogen-bond donors (Lipinski definition) is 2. The van der Waals surface area contributed by atoms with Gasteiger partial charge in [-0.1, -0.05) is 15.9 Å². The Morgan fingerprint density at radius 3 is 2.56 bits per heavy atom. The van der Waals surface area contributed by atoms with E-state index >= 15 is 0 Å². The lowest BCUT2D eigenvalue weighted by atomic mass is 10.2. The van der Waals surface area contributed by atoms with Crippen LogP contribution in [0.2, 0.25) is 0 Å². The van der Waals surface area contributed by atoms with E-state index in [1.165, 1.54) is 0 Å². The SMILES string of the molecule is OC1COC(CSc2ccc(Br)cc2)C1O. The Balaban J connectivity index is 1.86. The zero-order chi connectivity index (χ0) is 11.5. The van der Waals surface area contributed by atoms with Gasteiger partial charge in [-0.2, -0.15) is 0 Å². The first-order chi connectivity index (χ1) is 7.66. The zero-order valence-electron chi connectivity index (χ0n) is 8.54. The molecule has 0 radical (unpaired) electrons. The van der Waals surface area contributed by atoms with Gasteiger partial charge in [-0.3, -0.25) is 0 Å². The topological polar surface area (TPSA) is 49.7 Å². The second-order valence-corrected chi connectivity index (χ2v) is 5.70. The van der Waals surface area contributed by atoms with E-state index in [1.54, 1.807) is 11.8 Å². The lowest BCUT2D eigenvalue weighted by molar-refractivity contribution is 0.0337. The predicted octanol–water partition coefficient (Wildman–Crippen LogP) is 1.66. The second kappa shape index (κ2) is 5.51. The lowest BCUT2D eigenvalue weighted by Crippen LogP contribution is -2.31. The summed E-state index contributed by atoms with van der Waals surface area (Å²) in [6.07, 6.45) is -1.78. The summed E-state index contributed by atoms with van der Waals surface area (Å²) in [6.45, 7) is 0.229. The second-order valence-electron chi connectivity index (χ2n) is 3.69. The van der Waals surface area contributed by atoms with Gasteiger partial charge in [-0.05, 0) is 24.3 Å². The molecule has 3 nitrogen and oxygen atoms in total. The Bertz CT molecular complexity index is 344. The van der Waals surface area contributed by atoms with Crippen molar-refractivity contribution in [2.75, 3.05) is 12.4 Å².